The highest BCUT2D eigenvalue weighted by atomic mass is 16.5. The fourth-order valence-corrected chi connectivity index (χ4v) is 5.88. The Morgan fingerprint density at radius 2 is 1.69 bits per heavy atom. The van der Waals surface area contributed by atoms with Gasteiger partial charge in [-0.3, -0.25) is 19.3 Å². The minimum atomic E-state index is -1.73. The van der Waals surface area contributed by atoms with Gasteiger partial charge in [0.15, 0.2) is 5.54 Å². The van der Waals surface area contributed by atoms with Crippen molar-refractivity contribution in [1.29, 1.82) is 0 Å². The molecule has 2 amide bonds. The van der Waals surface area contributed by atoms with Crippen LogP contribution in [0.2, 0.25) is 0 Å². The van der Waals surface area contributed by atoms with Crippen molar-refractivity contribution in [2.45, 2.75) is 31.7 Å². The van der Waals surface area contributed by atoms with Crippen LogP contribution in [0.15, 0.2) is 54.1 Å². The number of anilines is 1. The first-order valence-corrected chi connectivity index (χ1v) is 13.6. The SMILES string of the molecule is CCCCN1C(=O)C2(/C(=C(/O)c3ccc(OC)cc3)C(=O)C(=O)N2CCCN2CCOCC2)c2ccccc21. The summed E-state index contributed by atoms with van der Waals surface area (Å²) < 4.78 is 10.7. The van der Waals surface area contributed by atoms with Crippen molar-refractivity contribution in [3.63, 3.8) is 0 Å². The number of amides is 2. The number of carbonyl (C=O) groups is 3. The summed E-state index contributed by atoms with van der Waals surface area (Å²) in [6.45, 7) is 6.32. The molecule has 0 aromatic heterocycles. The molecule has 0 aliphatic carbocycles. The van der Waals surface area contributed by atoms with Gasteiger partial charge >= 0.3 is 0 Å². The lowest BCUT2D eigenvalue weighted by Crippen LogP contribution is -2.52. The predicted octanol–water partition coefficient (Wildman–Crippen LogP) is 3.14. The van der Waals surface area contributed by atoms with E-state index < -0.39 is 17.2 Å². The number of methoxy groups -OCH3 is 1. The normalized spacial score (nSPS) is 22.7. The Morgan fingerprint density at radius 1 is 0.974 bits per heavy atom. The largest absolute Gasteiger partial charge is 0.507 e. The monoisotopic (exact) mass is 533 g/mol. The van der Waals surface area contributed by atoms with Crippen LogP contribution in [0.4, 0.5) is 5.69 Å². The molecule has 5 rings (SSSR count). The van der Waals surface area contributed by atoms with Crippen molar-refractivity contribution < 1.29 is 29.0 Å². The number of aliphatic hydroxyl groups is 1. The van der Waals surface area contributed by atoms with Crippen LogP contribution in [-0.4, -0.2) is 85.6 Å². The van der Waals surface area contributed by atoms with E-state index in [1.54, 1.807) is 41.3 Å². The maximum absolute atomic E-state index is 14.5. The lowest BCUT2D eigenvalue weighted by atomic mass is 9.82. The molecule has 0 radical (unpaired) electrons. The molecule has 1 spiro atoms. The topological polar surface area (TPSA) is 99.6 Å². The molecule has 1 unspecified atom stereocenters. The van der Waals surface area contributed by atoms with E-state index in [9.17, 15) is 19.5 Å². The first-order valence-electron chi connectivity index (χ1n) is 13.6. The smallest absolute Gasteiger partial charge is 0.296 e. The molecule has 3 heterocycles. The van der Waals surface area contributed by atoms with Gasteiger partial charge in [0.05, 0.1) is 31.6 Å². The number of benzene rings is 2. The van der Waals surface area contributed by atoms with Gasteiger partial charge in [-0.05, 0) is 43.2 Å². The average Bonchev–Trinajstić information content (AvgIpc) is 3.35. The number of hydrogen-bond donors (Lipinski definition) is 1. The minimum Gasteiger partial charge on any atom is -0.507 e. The molecule has 2 aromatic rings. The fraction of sp³-hybridized carbons (Fsp3) is 0.433. The molecule has 9 nitrogen and oxygen atoms in total. The number of para-hydroxylation sites is 1. The third-order valence-electron chi connectivity index (χ3n) is 7.87. The van der Waals surface area contributed by atoms with Crippen molar-refractivity contribution in [3.8, 4) is 5.75 Å². The molecule has 3 aliphatic rings. The molecule has 9 heteroatoms. The number of hydrogen-bond acceptors (Lipinski definition) is 7. The second-order valence-corrected chi connectivity index (χ2v) is 10.1. The predicted molar refractivity (Wildman–Crippen MR) is 147 cm³/mol. The summed E-state index contributed by atoms with van der Waals surface area (Å²) in [5.74, 6) is -1.79. The maximum atomic E-state index is 14.5. The lowest BCUT2D eigenvalue weighted by molar-refractivity contribution is -0.143. The maximum Gasteiger partial charge on any atom is 0.296 e. The number of ether oxygens (including phenoxy) is 2. The Bertz CT molecular complexity index is 1280. The first kappa shape index (κ1) is 26.9. The summed E-state index contributed by atoms with van der Waals surface area (Å²) in [5.41, 5.74) is -0.365. The van der Waals surface area contributed by atoms with Gasteiger partial charge in [-0.15, -0.1) is 0 Å². The van der Waals surface area contributed by atoms with E-state index in [-0.39, 0.29) is 23.8 Å². The molecule has 2 saturated heterocycles. The summed E-state index contributed by atoms with van der Waals surface area (Å²) in [6, 6.07) is 13.9. The molecule has 1 atom stereocenters. The highest BCUT2D eigenvalue weighted by Gasteiger charge is 2.66. The van der Waals surface area contributed by atoms with Crippen LogP contribution in [0, 0.1) is 0 Å². The van der Waals surface area contributed by atoms with Crippen LogP contribution < -0.4 is 9.64 Å². The molecular formula is C30H35N3O6. The van der Waals surface area contributed by atoms with Crippen LogP contribution in [-0.2, 0) is 24.7 Å². The third-order valence-corrected chi connectivity index (χ3v) is 7.87. The molecule has 2 aromatic carbocycles. The number of likely N-dealkylation sites (tertiary alicyclic amines) is 1. The summed E-state index contributed by atoms with van der Waals surface area (Å²) in [5, 5.41) is 11.6. The Morgan fingerprint density at radius 3 is 2.38 bits per heavy atom. The van der Waals surface area contributed by atoms with Gasteiger partial charge in [0.25, 0.3) is 17.6 Å². The number of fused-ring (bicyclic) bond motifs is 2. The second-order valence-electron chi connectivity index (χ2n) is 10.1. The van der Waals surface area contributed by atoms with Crippen molar-refractivity contribution in [3.05, 3.63) is 65.2 Å². The highest BCUT2D eigenvalue weighted by Crippen LogP contribution is 2.53. The van der Waals surface area contributed by atoms with Crippen molar-refractivity contribution in [2.24, 2.45) is 0 Å². The van der Waals surface area contributed by atoms with Gasteiger partial charge in [0, 0.05) is 43.9 Å². The van der Waals surface area contributed by atoms with Gasteiger partial charge in [0.2, 0.25) is 0 Å². The van der Waals surface area contributed by atoms with Gasteiger partial charge < -0.3 is 24.4 Å². The number of rotatable bonds is 9. The van der Waals surface area contributed by atoms with E-state index in [1.807, 2.05) is 19.1 Å². The number of Topliss-reactive ketones (excluding diaryl/α,β-unsaturated/α-hetero) is 1. The summed E-state index contributed by atoms with van der Waals surface area (Å²) in [7, 11) is 1.54. The average molecular weight is 534 g/mol. The fourth-order valence-electron chi connectivity index (χ4n) is 5.88. The number of morpholine rings is 1. The molecule has 39 heavy (non-hydrogen) atoms. The van der Waals surface area contributed by atoms with E-state index in [1.165, 1.54) is 12.0 Å². The Labute approximate surface area is 228 Å². The molecule has 0 saturated carbocycles. The summed E-state index contributed by atoms with van der Waals surface area (Å²) in [4.78, 5) is 47.2. The summed E-state index contributed by atoms with van der Waals surface area (Å²) in [6.07, 6.45) is 2.21. The van der Waals surface area contributed by atoms with Crippen molar-refractivity contribution >= 4 is 29.0 Å². The van der Waals surface area contributed by atoms with E-state index in [0.717, 1.165) is 25.9 Å². The second kappa shape index (κ2) is 11.2. The van der Waals surface area contributed by atoms with Crippen LogP contribution in [0.25, 0.3) is 5.76 Å². The van der Waals surface area contributed by atoms with Crippen LogP contribution in [0.3, 0.4) is 0 Å². The van der Waals surface area contributed by atoms with Crippen LogP contribution in [0.1, 0.15) is 37.3 Å². The number of aliphatic hydroxyl groups excluding tert-OH is 1. The number of nitrogens with zero attached hydrogens (tertiary/aromatic N) is 3. The Balaban J connectivity index is 1.63. The molecule has 0 bridgehead atoms. The van der Waals surface area contributed by atoms with Gasteiger partial charge in [0.1, 0.15) is 11.5 Å². The quantitative estimate of drug-likeness (QED) is 0.300. The zero-order chi connectivity index (χ0) is 27.6. The van der Waals surface area contributed by atoms with E-state index in [0.29, 0.717) is 55.3 Å². The standard InChI is InChI=1S/C30H35N3O6/c1-3-4-15-32-24-9-6-5-8-23(24)30(29(32)37)25(26(34)21-10-12-22(38-2)13-11-21)27(35)28(36)33(30)16-7-14-31-17-19-39-20-18-31/h5-6,8-13,34H,3-4,7,14-20H2,1-2H3/b26-25+. The van der Waals surface area contributed by atoms with Gasteiger partial charge in [-0.1, -0.05) is 31.5 Å². The number of ketones is 1. The van der Waals surface area contributed by atoms with E-state index >= 15 is 0 Å². The summed E-state index contributed by atoms with van der Waals surface area (Å²) >= 11 is 0. The van der Waals surface area contributed by atoms with E-state index in [2.05, 4.69) is 4.90 Å². The highest BCUT2D eigenvalue weighted by molar-refractivity contribution is 6.50. The number of carbonyl (C=O) groups excluding carboxylic acids is 3. The molecular weight excluding hydrogens is 498 g/mol. The van der Waals surface area contributed by atoms with Gasteiger partial charge in [-0.2, -0.15) is 0 Å². The van der Waals surface area contributed by atoms with Crippen LogP contribution in [0.5, 0.6) is 5.75 Å². The zero-order valence-corrected chi connectivity index (χ0v) is 22.5. The first-order chi connectivity index (χ1) is 18.9. The van der Waals surface area contributed by atoms with E-state index in [4.69, 9.17) is 9.47 Å². The Kier molecular flexibility index (Phi) is 7.72. The molecule has 1 N–H and O–H groups in total. The van der Waals surface area contributed by atoms with Gasteiger partial charge in [-0.25, -0.2) is 0 Å². The zero-order valence-electron chi connectivity index (χ0n) is 22.5. The van der Waals surface area contributed by atoms with Crippen molar-refractivity contribution in [1.82, 2.24) is 9.80 Å². The van der Waals surface area contributed by atoms with Crippen LogP contribution >= 0.6 is 0 Å². The minimum absolute atomic E-state index is 0.180. The third kappa shape index (κ3) is 4.49. The lowest BCUT2D eigenvalue weighted by Gasteiger charge is -2.35. The molecule has 206 valence electrons. The Hall–Kier alpha value is -3.69. The number of unbranched alkanes of at least 4 members (excludes halogenated alkanes) is 1. The molecule has 3 aliphatic heterocycles. The van der Waals surface area contributed by atoms with Crippen molar-refractivity contribution in [2.75, 3.05) is 57.9 Å². The molecule has 2 fully saturated rings.